The molecule has 0 spiro atoms. The molecule has 0 saturated carbocycles. The van der Waals surface area contributed by atoms with Gasteiger partial charge >= 0.3 is 0 Å². The quantitative estimate of drug-likeness (QED) is 0.656. The zero-order valence-electron chi connectivity index (χ0n) is 12.9. The zero-order chi connectivity index (χ0) is 16.2. The Morgan fingerprint density at radius 3 is 3.04 bits per heavy atom. The van der Waals surface area contributed by atoms with Crippen LogP contribution in [0.3, 0.4) is 0 Å². The van der Waals surface area contributed by atoms with E-state index in [-0.39, 0.29) is 6.04 Å². The number of anilines is 1. The Morgan fingerprint density at radius 1 is 1.39 bits per heavy atom. The van der Waals surface area contributed by atoms with Gasteiger partial charge in [-0.05, 0) is 17.7 Å². The molecule has 0 amide bonds. The molecule has 6 heteroatoms. The van der Waals surface area contributed by atoms with Crippen LogP contribution in [0.2, 0.25) is 0 Å². The second kappa shape index (κ2) is 6.73. The Hall–Kier alpha value is -2.49. The predicted molar refractivity (Wildman–Crippen MR) is 89.5 cm³/mol. The maximum atomic E-state index is 11.4. The standard InChI is InChI=1S/C17H19N5O/c1-2-5-21-6-7-22(14(10-21)11-23)9-13-3-4-15-16(8-13)19-12-20-17(15)18/h1,3-4,8,11-12,14H,5-7,9-10H2,(H2,18,19,20). The fraction of sp³-hybridized carbons (Fsp3) is 0.353. The Labute approximate surface area is 135 Å². The van der Waals surface area contributed by atoms with Crippen LogP contribution < -0.4 is 5.73 Å². The fourth-order valence-electron chi connectivity index (χ4n) is 2.96. The van der Waals surface area contributed by atoms with Gasteiger partial charge < -0.3 is 10.5 Å². The molecule has 2 aromatic rings. The summed E-state index contributed by atoms with van der Waals surface area (Å²) in [6.07, 6.45) is 7.82. The highest BCUT2D eigenvalue weighted by atomic mass is 16.1. The zero-order valence-corrected chi connectivity index (χ0v) is 12.9. The SMILES string of the molecule is C#CCN1CCN(Cc2ccc3c(N)ncnc3c2)C(C=O)C1. The van der Waals surface area contributed by atoms with Gasteiger partial charge in [0.1, 0.15) is 18.4 Å². The molecule has 0 aliphatic carbocycles. The number of hydrogen-bond acceptors (Lipinski definition) is 6. The van der Waals surface area contributed by atoms with Gasteiger partial charge in [0.05, 0.1) is 18.1 Å². The minimum atomic E-state index is -0.136. The molecule has 0 radical (unpaired) electrons. The number of carbonyl (C=O) groups is 1. The molecule has 2 N–H and O–H groups in total. The second-order valence-corrected chi connectivity index (χ2v) is 5.72. The number of hydrogen-bond donors (Lipinski definition) is 1. The molecule has 3 rings (SSSR count). The summed E-state index contributed by atoms with van der Waals surface area (Å²) in [5.74, 6) is 3.12. The van der Waals surface area contributed by atoms with Crippen molar-refractivity contribution in [3.63, 3.8) is 0 Å². The average Bonchev–Trinajstić information content (AvgIpc) is 2.56. The van der Waals surface area contributed by atoms with Crippen molar-refractivity contribution in [1.29, 1.82) is 0 Å². The summed E-state index contributed by atoms with van der Waals surface area (Å²) in [6.45, 7) is 3.65. The number of aromatic nitrogens is 2. The fourth-order valence-corrected chi connectivity index (χ4v) is 2.96. The molecule has 6 nitrogen and oxygen atoms in total. The number of nitrogen functional groups attached to an aromatic ring is 1. The third-order valence-electron chi connectivity index (χ3n) is 4.21. The monoisotopic (exact) mass is 309 g/mol. The number of aldehydes is 1. The van der Waals surface area contributed by atoms with E-state index >= 15 is 0 Å². The topological polar surface area (TPSA) is 75.3 Å². The lowest BCUT2D eigenvalue weighted by Crippen LogP contribution is -2.53. The highest BCUT2D eigenvalue weighted by Crippen LogP contribution is 2.20. The number of rotatable bonds is 4. The molecular formula is C17H19N5O. The molecule has 1 aromatic carbocycles. The summed E-state index contributed by atoms with van der Waals surface area (Å²) >= 11 is 0. The molecule has 118 valence electrons. The summed E-state index contributed by atoms with van der Waals surface area (Å²) < 4.78 is 0. The summed E-state index contributed by atoms with van der Waals surface area (Å²) in [5.41, 5.74) is 7.78. The van der Waals surface area contributed by atoms with Gasteiger partial charge in [-0.1, -0.05) is 12.0 Å². The van der Waals surface area contributed by atoms with E-state index in [0.29, 0.717) is 25.5 Å². The first-order valence-corrected chi connectivity index (χ1v) is 7.55. The summed E-state index contributed by atoms with van der Waals surface area (Å²) in [4.78, 5) is 24.0. The van der Waals surface area contributed by atoms with Crippen LogP contribution in [0.25, 0.3) is 10.9 Å². The van der Waals surface area contributed by atoms with Crippen LogP contribution in [0.1, 0.15) is 5.56 Å². The van der Waals surface area contributed by atoms with Crippen molar-refractivity contribution in [3.05, 3.63) is 30.1 Å². The lowest BCUT2D eigenvalue weighted by atomic mass is 10.1. The van der Waals surface area contributed by atoms with E-state index in [4.69, 9.17) is 12.2 Å². The van der Waals surface area contributed by atoms with Crippen LogP contribution in [0.5, 0.6) is 0 Å². The molecule has 1 unspecified atom stereocenters. The van der Waals surface area contributed by atoms with Gasteiger partial charge in [-0.3, -0.25) is 9.80 Å². The molecular weight excluding hydrogens is 290 g/mol. The Bertz CT molecular complexity index is 754. The Morgan fingerprint density at radius 2 is 2.26 bits per heavy atom. The largest absolute Gasteiger partial charge is 0.383 e. The molecule has 1 aliphatic rings. The van der Waals surface area contributed by atoms with Gasteiger partial charge in [0.25, 0.3) is 0 Å². The molecule has 23 heavy (non-hydrogen) atoms. The van der Waals surface area contributed by atoms with Crippen molar-refractivity contribution < 1.29 is 4.79 Å². The lowest BCUT2D eigenvalue weighted by molar-refractivity contribution is -0.114. The first-order chi connectivity index (χ1) is 11.2. The number of carbonyl (C=O) groups excluding carboxylic acids is 1. The number of terminal acetylenes is 1. The van der Waals surface area contributed by atoms with Crippen molar-refractivity contribution in [2.24, 2.45) is 0 Å². The second-order valence-electron chi connectivity index (χ2n) is 5.72. The molecule has 1 aliphatic heterocycles. The summed E-state index contributed by atoms with van der Waals surface area (Å²) in [6, 6.07) is 5.81. The van der Waals surface area contributed by atoms with E-state index in [1.54, 1.807) is 0 Å². The van der Waals surface area contributed by atoms with Crippen LogP contribution in [0, 0.1) is 12.3 Å². The molecule has 1 saturated heterocycles. The smallest absolute Gasteiger partial charge is 0.138 e. The number of fused-ring (bicyclic) bond motifs is 1. The third-order valence-corrected chi connectivity index (χ3v) is 4.21. The minimum Gasteiger partial charge on any atom is -0.383 e. The number of benzene rings is 1. The van der Waals surface area contributed by atoms with Crippen molar-refractivity contribution >= 4 is 23.0 Å². The molecule has 0 bridgehead atoms. The van der Waals surface area contributed by atoms with Crippen molar-refractivity contribution in [2.45, 2.75) is 12.6 Å². The van der Waals surface area contributed by atoms with Crippen LogP contribution in [0.15, 0.2) is 24.5 Å². The number of nitrogens with zero attached hydrogens (tertiary/aromatic N) is 4. The minimum absolute atomic E-state index is 0.136. The van der Waals surface area contributed by atoms with Gasteiger partial charge in [0, 0.05) is 31.6 Å². The van der Waals surface area contributed by atoms with E-state index in [0.717, 1.165) is 35.8 Å². The van der Waals surface area contributed by atoms with Crippen molar-refractivity contribution in [1.82, 2.24) is 19.8 Å². The maximum Gasteiger partial charge on any atom is 0.138 e. The Balaban J connectivity index is 1.76. The van der Waals surface area contributed by atoms with Gasteiger partial charge in [0.15, 0.2) is 0 Å². The van der Waals surface area contributed by atoms with Crippen LogP contribution >= 0.6 is 0 Å². The van der Waals surface area contributed by atoms with Crippen molar-refractivity contribution in [2.75, 3.05) is 31.9 Å². The van der Waals surface area contributed by atoms with Crippen LogP contribution in [0.4, 0.5) is 5.82 Å². The summed E-state index contributed by atoms with van der Waals surface area (Å²) in [5, 5.41) is 0.849. The lowest BCUT2D eigenvalue weighted by Gasteiger charge is -2.38. The van der Waals surface area contributed by atoms with E-state index < -0.39 is 0 Å². The van der Waals surface area contributed by atoms with Gasteiger partial charge in [0.2, 0.25) is 0 Å². The van der Waals surface area contributed by atoms with Crippen LogP contribution in [-0.4, -0.2) is 58.3 Å². The van der Waals surface area contributed by atoms with E-state index in [2.05, 4.69) is 25.7 Å². The number of piperazine rings is 1. The first kappa shape index (κ1) is 15.4. The van der Waals surface area contributed by atoms with Gasteiger partial charge in [-0.15, -0.1) is 6.42 Å². The highest BCUT2D eigenvalue weighted by Gasteiger charge is 2.26. The first-order valence-electron chi connectivity index (χ1n) is 7.55. The average molecular weight is 309 g/mol. The van der Waals surface area contributed by atoms with Crippen LogP contribution in [-0.2, 0) is 11.3 Å². The molecule has 1 aromatic heterocycles. The van der Waals surface area contributed by atoms with E-state index in [1.165, 1.54) is 6.33 Å². The summed E-state index contributed by atoms with van der Waals surface area (Å²) in [7, 11) is 0. The molecule has 1 fully saturated rings. The molecule has 1 atom stereocenters. The number of nitrogens with two attached hydrogens (primary N) is 1. The normalized spacial score (nSPS) is 19.5. The van der Waals surface area contributed by atoms with Gasteiger partial charge in [-0.25, -0.2) is 9.97 Å². The Kier molecular flexibility index (Phi) is 4.51. The van der Waals surface area contributed by atoms with Crippen molar-refractivity contribution in [3.8, 4) is 12.3 Å². The highest BCUT2D eigenvalue weighted by molar-refractivity contribution is 5.88. The van der Waals surface area contributed by atoms with E-state index in [1.807, 2.05) is 18.2 Å². The maximum absolute atomic E-state index is 11.4. The van der Waals surface area contributed by atoms with E-state index in [9.17, 15) is 4.79 Å². The predicted octanol–water partition coefficient (Wildman–Crippen LogP) is 0.530. The molecule has 2 heterocycles. The third kappa shape index (κ3) is 3.31. The van der Waals surface area contributed by atoms with Gasteiger partial charge in [-0.2, -0.15) is 0 Å².